The molecule has 1 N–H and O–H groups in total. The second kappa shape index (κ2) is 11.2. The van der Waals surface area contributed by atoms with Crippen LogP contribution in [0.15, 0.2) is 22.7 Å². The summed E-state index contributed by atoms with van der Waals surface area (Å²) in [5, 5.41) is 3.31. The van der Waals surface area contributed by atoms with Crippen molar-refractivity contribution in [3.63, 3.8) is 0 Å². The van der Waals surface area contributed by atoms with Gasteiger partial charge < -0.3 is 5.32 Å². The lowest BCUT2D eigenvalue weighted by Gasteiger charge is -2.18. The monoisotopic (exact) mass is 357 g/mol. The topological polar surface area (TPSA) is 12.0 Å². The van der Waals surface area contributed by atoms with Crippen molar-refractivity contribution in [1.29, 1.82) is 0 Å². The van der Waals surface area contributed by atoms with Gasteiger partial charge in [-0.15, -0.1) is 0 Å². The normalized spacial score (nSPS) is 12.6. The van der Waals surface area contributed by atoms with E-state index >= 15 is 0 Å². The first-order valence-corrected chi connectivity index (χ1v) is 9.10. The zero-order chi connectivity index (χ0) is 15.5. The van der Waals surface area contributed by atoms with E-state index in [4.69, 9.17) is 0 Å². The standard InChI is InChI=1S/C18H29BrFN/c1-3-4-5-6-7-8-9-10-11-18(21-2)16-14-15(20)12-13-17(16)19/h12-14,18,21H,3-11H2,1-2H3. The number of hydrogen-bond donors (Lipinski definition) is 1. The molecule has 0 aliphatic rings. The predicted molar refractivity (Wildman–Crippen MR) is 93.1 cm³/mol. The lowest BCUT2D eigenvalue weighted by Crippen LogP contribution is -2.17. The van der Waals surface area contributed by atoms with Crippen LogP contribution in [0.25, 0.3) is 0 Å². The Morgan fingerprint density at radius 1 is 1.05 bits per heavy atom. The third kappa shape index (κ3) is 7.42. The summed E-state index contributed by atoms with van der Waals surface area (Å²) in [6.45, 7) is 2.25. The van der Waals surface area contributed by atoms with Crippen molar-refractivity contribution in [2.45, 2.75) is 70.8 Å². The van der Waals surface area contributed by atoms with E-state index in [0.29, 0.717) is 0 Å². The molecule has 0 fully saturated rings. The molecule has 1 atom stereocenters. The first-order chi connectivity index (χ1) is 10.2. The van der Waals surface area contributed by atoms with Crippen LogP contribution in [-0.2, 0) is 0 Å². The Morgan fingerprint density at radius 2 is 1.67 bits per heavy atom. The molecule has 0 heterocycles. The molecule has 21 heavy (non-hydrogen) atoms. The van der Waals surface area contributed by atoms with Gasteiger partial charge in [-0.2, -0.15) is 0 Å². The molecule has 1 nitrogen and oxygen atoms in total. The summed E-state index contributed by atoms with van der Waals surface area (Å²) >= 11 is 3.52. The zero-order valence-electron chi connectivity index (χ0n) is 13.4. The Labute approximate surface area is 137 Å². The molecular weight excluding hydrogens is 329 g/mol. The minimum Gasteiger partial charge on any atom is -0.313 e. The Kier molecular flexibility index (Phi) is 9.94. The largest absolute Gasteiger partial charge is 0.313 e. The molecule has 1 aromatic rings. The number of benzene rings is 1. The molecule has 0 bridgehead atoms. The van der Waals surface area contributed by atoms with Crippen LogP contribution in [0.1, 0.15) is 76.3 Å². The number of nitrogens with one attached hydrogen (secondary N) is 1. The van der Waals surface area contributed by atoms with Crippen molar-refractivity contribution in [2.75, 3.05) is 7.05 Å². The van der Waals surface area contributed by atoms with Gasteiger partial charge in [-0.3, -0.25) is 0 Å². The lowest BCUT2D eigenvalue weighted by atomic mass is 9.99. The molecular formula is C18H29BrFN. The number of hydrogen-bond acceptors (Lipinski definition) is 1. The van der Waals surface area contributed by atoms with E-state index in [9.17, 15) is 4.39 Å². The molecule has 1 unspecified atom stereocenters. The van der Waals surface area contributed by atoms with E-state index < -0.39 is 0 Å². The van der Waals surface area contributed by atoms with Crippen LogP contribution in [0.3, 0.4) is 0 Å². The zero-order valence-corrected chi connectivity index (χ0v) is 15.0. The summed E-state index contributed by atoms with van der Waals surface area (Å²) in [4.78, 5) is 0. The average molecular weight is 358 g/mol. The van der Waals surface area contributed by atoms with E-state index in [2.05, 4.69) is 28.2 Å². The predicted octanol–water partition coefficient (Wildman–Crippen LogP) is 6.38. The lowest BCUT2D eigenvalue weighted by molar-refractivity contribution is 0.490. The smallest absolute Gasteiger partial charge is 0.123 e. The molecule has 0 aliphatic carbocycles. The van der Waals surface area contributed by atoms with Crippen LogP contribution < -0.4 is 5.32 Å². The van der Waals surface area contributed by atoms with Crippen molar-refractivity contribution >= 4 is 15.9 Å². The first-order valence-electron chi connectivity index (χ1n) is 8.31. The van der Waals surface area contributed by atoms with E-state index in [0.717, 1.165) is 16.5 Å². The van der Waals surface area contributed by atoms with Gasteiger partial charge in [0.15, 0.2) is 0 Å². The van der Waals surface area contributed by atoms with Gasteiger partial charge in [-0.1, -0.05) is 74.2 Å². The van der Waals surface area contributed by atoms with Gasteiger partial charge in [-0.05, 0) is 37.2 Å². The summed E-state index contributed by atoms with van der Waals surface area (Å²) < 4.78 is 14.4. The van der Waals surface area contributed by atoms with Crippen LogP contribution >= 0.6 is 15.9 Å². The van der Waals surface area contributed by atoms with Gasteiger partial charge in [0.25, 0.3) is 0 Å². The van der Waals surface area contributed by atoms with Crippen LogP contribution in [0.5, 0.6) is 0 Å². The Balaban J connectivity index is 2.27. The molecule has 0 aliphatic heterocycles. The fraction of sp³-hybridized carbons (Fsp3) is 0.667. The number of unbranched alkanes of at least 4 members (excludes halogenated alkanes) is 7. The summed E-state index contributed by atoms with van der Waals surface area (Å²) in [5.74, 6) is -0.163. The molecule has 3 heteroatoms. The fourth-order valence-electron chi connectivity index (χ4n) is 2.72. The van der Waals surface area contributed by atoms with Gasteiger partial charge in [0.1, 0.15) is 5.82 Å². The van der Waals surface area contributed by atoms with Gasteiger partial charge in [0, 0.05) is 10.5 Å². The summed E-state index contributed by atoms with van der Waals surface area (Å²) in [5.41, 5.74) is 1.03. The molecule has 0 amide bonds. The van der Waals surface area contributed by atoms with Crippen molar-refractivity contribution in [2.24, 2.45) is 0 Å². The fourth-order valence-corrected chi connectivity index (χ4v) is 3.24. The van der Waals surface area contributed by atoms with Crippen LogP contribution in [-0.4, -0.2) is 7.05 Å². The van der Waals surface area contributed by atoms with Gasteiger partial charge in [0.2, 0.25) is 0 Å². The Bertz CT molecular complexity index is 395. The molecule has 0 saturated heterocycles. The first kappa shape index (κ1) is 18.6. The maximum atomic E-state index is 13.4. The van der Waals surface area contributed by atoms with Crippen molar-refractivity contribution in [1.82, 2.24) is 5.32 Å². The second-order valence-electron chi connectivity index (χ2n) is 5.77. The molecule has 0 radical (unpaired) electrons. The molecule has 120 valence electrons. The van der Waals surface area contributed by atoms with Gasteiger partial charge >= 0.3 is 0 Å². The Morgan fingerprint density at radius 3 is 2.29 bits per heavy atom. The van der Waals surface area contributed by atoms with Crippen molar-refractivity contribution in [3.8, 4) is 0 Å². The number of rotatable bonds is 11. The minimum absolute atomic E-state index is 0.163. The van der Waals surface area contributed by atoms with E-state index in [-0.39, 0.29) is 11.9 Å². The van der Waals surface area contributed by atoms with Crippen molar-refractivity contribution < 1.29 is 4.39 Å². The SMILES string of the molecule is CCCCCCCCCCC(NC)c1cc(F)ccc1Br. The molecule has 0 saturated carbocycles. The minimum atomic E-state index is -0.163. The third-order valence-corrected chi connectivity index (χ3v) is 4.75. The highest BCUT2D eigenvalue weighted by atomic mass is 79.9. The summed E-state index contributed by atoms with van der Waals surface area (Å²) in [7, 11) is 1.95. The van der Waals surface area contributed by atoms with E-state index in [1.54, 1.807) is 12.1 Å². The highest BCUT2D eigenvalue weighted by Gasteiger charge is 2.13. The summed E-state index contributed by atoms with van der Waals surface area (Å²) in [6.07, 6.45) is 11.7. The van der Waals surface area contributed by atoms with E-state index in [1.165, 1.54) is 57.4 Å². The van der Waals surface area contributed by atoms with Gasteiger partial charge in [0.05, 0.1) is 0 Å². The Hall–Kier alpha value is -0.410. The van der Waals surface area contributed by atoms with Gasteiger partial charge in [-0.25, -0.2) is 4.39 Å². The van der Waals surface area contributed by atoms with Crippen LogP contribution in [0.4, 0.5) is 4.39 Å². The van der Waals surface area contributed by atoms with Crippen molar-refractivity contribution in [3.05, 3.63) is 34.1 Å². The third-order valence-electron chi connectivity index (χ3n) is 4.03. The quantitative estimate of drug-likeness (QED) is 0.453. The molecule has 0 aromatic heterocycles. The molecule has 0 spiro atoms. The van der Waals surface area contributed by atoms with E-state index in [1.807, 2.05) is 7.05 Å². The molecule has 1 rings (SSSR count). The highest BCUT2D eigenvalue weighted by molar-refractivity contribution is 9.10. The highest BCUT2D eigenvalue weighted by Crippen LogP contribution is 2.28. The average Bonchev–Trinajstić information content (AvgIpc) is 2.49. The van der Waals surface area contributed by atoms with Crippen LogP contribution in [0, 0.1) is 5.82 Å². The second-order valence-corrected chi connectivity index (χ2v) is 6.62. The molecule has 1 aromatic carbocycles. The maximum Gasteiger partial charge on any atom is 0.123 e. The number of halogens is 2. The summed E-state index contributed by atoms with van der Waals surface area (Å²) in [6, 6.07) is 5.16. The van der Waals surface area contributed by atoms with Crippen LogP contribution in [0.2, 0.25) is 0 Å². The maximum absolute atomic E-state index is 13.4.